The molecule has 0 aliphatic rings. The van der Waals surface area contributed by atoms with E-state index in [-0.39, 0.29) is 6.54 Å². The van der Waals surface area contributed by atoms with Gasteiger partial charge in [-0.25, -0.2) is 5.43 Å². The van der Waals surface area contributed by atoms with Crippen molar-refractivity contribution < 1.29 is 9.59 Å². The fourth-order valence-corrected chi connectivity index (χ4v) is 1.74. The van der Waals surface area contributed by atoms with Gasteiger partial charge in [-0.1, -0.05) is 29.8 Å². The maximum atomic E-state index is 11.6. The van der Waals surface area contributed by atoms with E-state index in [4.69, 9.17) is 11.6 Å². The average Bonchev–Trinajstić information content (AvgIpc) is 2.55. The zero-order valence-electron chi connectivity index (χ0n) is 11.5. The smallest absolute Gasteiger partial charge is 0.329 e. The van der Waals surface area contributed by atoms with Crippen LogP contribution in [0.25, 0.3) is 0 Å². The highest BCUT2D eigenvalue weighted by Gasteiger charge is 2.11. The Morgan fingerprint density at radius 3 is 2.59 bits per heavy atom. The maximum Gasteiger partial charge on any atom is 0.329 e. The van der Waals surface area contributed by atoms with Crippen molar-refractivity contribution in [3.05, 3.63) is 64.9 Å². The van der Waals surface area contributed by atoms with E-state index in [0.717, 1.165) is 5.56 Å². The minimum absolute atomic E-state index is 0.239. The molecule has 0 saturated carbocycles. The number of carbonyl (C=O) groups is 2. The molecule has 6 nitrogen and oxygen atoms in total. The third-order valence-corrected chi connectivity index (χ3v) is 3.03. The van der Waals surface area contributed by atoms with Crippen molar-refractivity contribution >= 4 is 29.6 Å². The molecule has 2 aromatic rings. The molecule has 7 heteroatoms. The summed E-state index contributed by atoms with van der Waals surface area (Å²) in [6, 6.07) is 10.5. The minimum Gasteiger partial charge on any atom is -0.344 e. The molecule has 2 amide bonds. The van der Waals surface area contributed by atoms with Gasteiger partial charge in [0.15, 0.2) is 0 Å². The molecule has 0 aliphatic heterocycles. The van der Waals surface area contributed by atoms with Crippen LogP contribution in [-0.4, -0.2) is 23.0 Å². The van der Waals surface area contributed by atoms with Gasteiger partial charge in [0.25, 0.3) is 0 Å². The maximum absolute atomic E-state index is 11.6. The Balaban J connectivity index is 1.82. The molecule has 0 fully saturated rings. The van der Waals surface area contributed by atoms with Gasteiger partial charge in [0.05, 0.1) is 6.21 Å². The molecule has 1 aromatic heterocycles. The largest absolute Gasteiger partial charge is 0.344 e. The molecular weight excluding hydrogens is 304 g/mol. The highest BCUT2D eigenvalue weighted by atomic mass is 35.5. The van der Waals surface area contributed by atoms with E-state index in [0.29, 0.717) is 10.6 Å². The highest BCUT2D eigenvalue weighted by Crippen LogP contribution is 2.11. The molecular formula is C15H13ClN4O2. The van der Waals surface area contributed by atoms with Crippen LogP contribution in [-0.2, 0) is 16.1 Å². The third kappa shape index (κ3) is 4.68. The summed E-state index contributed by atoms with van der Waals surface area (Å²) in [5.74, 6) is -1.62. The standard InChI is InChI=1S/C15H13ClN4O2/c16-13-4-2-1-3-12(13)10-19-20-15(22)14(21)18-9-11-5-7-17-8-6-11/h1-8,10H,9H2,(H,18,21)(H,20,22)/b19-10-. The van der Waals surface area contributed by atoms with Gasteiger partial charge in [-0.2, -0.15) is 5.10 Å². The number of amides is 2. The number of benzene rings is 1. The van der Waals surface area contributed by atoms with Crippen molar-refractivity contribution in [2.24, 2.45) is 5.10 Å². The monoisotopic (exact) mass is 316 g/mol. The first-order chi connectivity index (χ1) is 10.7. The van der Waals surface area contributed by atoms with Crippen LogP contribution in [0.4, 0.5) is 0 Å². The second kappa shape index (κ2) is 7.90. The van der Waals surface area contributed by atoms with Crippen molar-refractivity contribution in [3.8, 4) is 0 Å². The SMILES string of the molecule is O=C(NCc1ccncc1)C(=O)N/N=C\c1ccccc1Cl. The van der Waals surface area contributed by atoms with Gasteiger partial charge < -0.3 is 5.32 Å². The van der Waals surface area contributed by atoms with E-state index in [1.165, 1.54) is 6.21 Å². The molecule has 22 heavy (non-hydrogen) atoms. The number of carbonyl (C=O) groups excluding carboxylic acids is 2. The van der Waals surface area contributed by atoms with Gasteiger partial charge in [-0.3, -0.25) is 14.6 Å². The summed E-state index contributed by atoms with van der Waals surface area (Å²) in [5.41, 5.74) is 3.63. The van der Waals surface area contributed by atoms with Crippen molar-refractivity contribution in [1.29, 1.82) is 0 Å². The molecule has 1 heterocycles. The molecule has 2 N–H and O–H groups in total. The Labute approximate surface area is 132 Å². The van der Waals surface area contributed by atoms with E-state index in [1.807, 2.05) is 0 Å². The van der Waals surface area contributed by atoms with Gasteiger partial charge in [0.1, 0.15) is 0 Å². The second-order valence-electron chi connectivity index (χ2n) is 4.26. The average molecular weight is 317 g/mol. The predicted molar refractivity (Wildman–Crippen MR) is 83.3 cm³/mol. The van der Waals surface area contributed by atoms with Crippen molar-refractivity contribution in [2.75, 3.05) is 0 Å². The molecule has 0 unspecified atom stereocenters. The van der Waals surface area contributed by atoms with Crippen LogP contribution in [0.2, 0.25) is 5.02 Å². The van der Waals surface area contributed by atoms with E-state index >= 15 is 0 Å². The number of pyridine rings is 1. The quantitative estimate of drug-likeness (QED) is 0.509. The van der Waals surface area contributed by atoms with E-state index in [9.17, 15) is 9.59 Å². The summed E-state index contributed by atoms with van der Waals surface area (Å²) in [6.07, 6.45) is 4.58. The van der Waals surface area contributed by atoms with Crippen LogP contribution in [0.3, 0.4) is 0 Å². The van der Waals surface area contributed by atoms with Crippen molar-refractivity contribution in [3.63, 3.8) is 0 Å². The number of aromatic nitrogens is 1. The third-order valence-electron chi connectivity index (χ3n) is 2.68. The van der Waals surface area contributed by atoms with E-state index in [1.54, 1.807) is 48.8 Å². The zero-order valence-corrected chi connectivity index (χ0v) is 12.2. The number of nitrogens with one attached hydrogen (secondary N) is 2. The Morgan fingerprint density at radius 2 is 1.86 bits per heavy atom. The van der Waals surface area contributed by atoms with Gasteiger partial charge in [0, 0.05) is 29.5 Å². The number of hydrogen-bond acceptors (Lipinski definition) is 4. The van der Waals surface area contributed by atoms with Crippen molar-refractivity contribution in [1.82, 2.24) is 15.7 Å². The summed E-state index contributed by atoms with van der Waals surface area (Å²) in [5, 5.41) is 6.68. The Morgan fingerprint density at radius 1 is 1.14 bits per heavy atom. The fraction of sp³-hybridized carbons (Fsp3) is 0.0667. The first kappa shape index (κ1) is 15.7. The molecule has 0 radical (unpaired) electrons. The van der Waals surface area contributed by atoms with Crippen LogP contribution in [0, 0.1) is 0 Å². The van der Waals surface area contributed by atoms with Crippen molar-refractivity contribution in [2.45, 2.75) is 6.54 Å². The van der Waals surface area contributed by atoms with Crippen LogP contribution < -0.4 is 10.7 Å². The summed E-state index contributed by atoms with van der Waals surface area (Å²) in [7, 11) is 0. The van der Waals surface area contributed by atoms with Gasteiger partial charge in [-0.05, 0) is 23.8 Å². The van der Waals surface area contributed by atoms with E-state index < -0.39 is 11.8 Å². The van der Waals surface area contributed by atoms with Crippen LogP contribution in [0.5, 0.6) is 0 Å². The number of hydrogen-bond donors (Lipinski definition) is 2. The molecule has 2 rings (SSSR count). The topological polar surface area (TPSA) is 83.5 Å². The molecule has 0 aliphatic carbocycles. The molecule has 112 valence electrons. The fourth-order valence-electron chi connectivity index (χ4n) is 1.55. The number of nitrogens with zero attached hydrogens (tertiary/aromatic N) is 2. The second-order valence-corrected chi connectivity index (χ2v) is 4.67. The Kier molecular flexibility index (Phi) is 5.62. The summed E-state index contributed by atoms with van der Waals surface area (Å²) in [6.45, 7) is 0.239. The van der Waals surface area contributed by atoms with Crippen LogP contribution in [0.1, 0.15) is 11.1 Å². The highest BCUT2D eigenvalue weighted by molar-refractivity contribution is 6.35. The summed E-state index contributed by atoms with van der Waals surface area (Å²) in [4.78, 5) is 27.0. The predicted octanol–water partition coefficient (Wildman–Crippen LogP) is 1.50. The number of rotatable bonds is 4. The number of hydrazone groups is 1. The molecule has 0 saturated heterocycles. The Bertz CT molecular complexity index is 689. The molecule has 1 aromatic carbocycles. The normalized spacial score (nSPS) is 10.4. The van der Waals surface area contributed by atoms with E-state index in [2.05, 4.69) is 20.8 Å². The lowest BCUT2D eigenvalue weighted by Crippen LogP contribution is -2.37. The van der Waals surface area contributed by atoms with Gasteiger partial charge in [0.2, 0.25) is 0 Å². The van der Waals surface area contributed by atoms with Crippen LogP contribution >= 0.6 is 11.6 Å². The lowest BCUT2D eigenvalue weighted by Gasteiger charge is -2.03. The zero-order chi connectivity index (χ0) is 15.8. The minimum atomic E-state index is -0.850. The lowest BCUT2D eigenvalue weighted by atomic mass is 10.2. The summed E-state index contributed by atoms with van der Waals surface area (Å²) >= 11 is 5.93. The summed E-state index contributed by atoms with van der Waals surface area (Å²) < 4.78 is 0. The van der Waals surface area contributed by atoms with Crippen LogP contribution in [0.15, 0.2) is 53.9 Å². The van der Waals surface area contributed by atoms with Gasteiger partial charge >= 0.3 is 11.8 Å². The first-order valence-electron chi connectivity index (χ1n) is 6.41. The lowest BCUT2D eigenvalue weighted by molar-refractivity contribution is -0.139. The molecule has 0 bridgehead atoms. The molecule has 0 atom stereocenters. The molecule has 0 spiro atoms. The van der Waals surface area contributed by atoms with Gasteiger partial charge in [-0.15, -0.1) is 0 Å². The first-order valence-corrected chi connectivity index (χ1v) is 6.79. The Hall–Kier alpha value is -2.73. The number of halogens is 1.